The Bertz CT molecular complexity index is 1930. The summed E-state index contributed by atoms with van der Waals surface area (Å²) in [6, 6.07) is 9.70. The summed E-state index contributed by atoms with van der Waals surface area (Å²) in [4.78, 5) is 27.0. The molecule has 3 aromatic rings. The van der Waals surface area contributed by atoms with E-state index < -0.39 is 62.8 Å². The molecular formula is C38H44F5N3O6S. The van der Waals surface area contributed by atoms with Crippen molar-refractivity contribution in [2.45, 2.75) is 118 Å². The third-order valence-electron chi connectivity index (χ3n) is 10.2. The van der Waals surface area contributed by atoms with Crippen molar-refractivity contribution in [1.82, 2.24) is 14.9 Å². The van der Waals surface area contributed by atoms with Gasteiger partial charge in [-0.3, -0.25) is 4.79 Å². The van der Waals surface area contributed by atoms with Crippen molar-refractivity contribution in [3.05, 3.63) is 71.8 Å². The predicted octanol–water partition coefficient (Wildman–Crippen LogP) is 7.71. The van der Waals surface area contributed by atoms with E-state index in [0.29, 0.717) is 16.5 Å². The van der Waals surface area contributed by atoms with E-state index >= 15 is 8.78 Å². The summed E-state index contributed by atoms with van der Waals surface area (Å²) in [6.07, 6.45) is -1.05. The fourth-order valence-corrected chi connectivity index (χ4v) is 8.31. The SMILES string of the molecule is CC(C)(C)OC(=O)NC1CCN(C(=O)[C@@H](NS(=O)(=O)c2ccc3cc(OC4CCCC4)ccc3c2)C(F)(F)c2ccc(C3(C(F)(F)F)CC3)cc2)CC1. The zero-order chi connectivity index (χ0) is 38.4. The van der Waals surface area contributed by atoms with Crippen molar-refractivity contribution < 1.29 is 49.4 Å². The number of carbonyl (C=O) groups is 2. The summed E-state index contributed by atoms with van der Waals surface area (Å²) in [5.74, 6) is -4.78. The first-order valence-corrected chi connectivity index (χ1v) is 19.3. The number of hydrogen-bond acceptors (Lipinski definition) is 6. The van der Waals surface area contributed by atoms with E-state index in [0.717, 1.165) is 54.8 Å². The second kappa shape index (κ2) is 14.3. The van der Waals surface area contributed by atoms with Gasteiger partial charge in [0, 0.05) is 24.7 Å². The molecule has 2 N–H and O–H groups in total. The van der Waals surface area contributed by atoms with Crippen molar-refractivity contribution >= 4 is 32.8 Å². The Morgan fingerprint density at radius 2 is 1.45 bits per heavy atom. The number of rotatable bonds is 10. The van der Waals surface area contributed by atoms with E-state index in [4.69, 9.17) is 9.47 Å². The Kier molecular flexibility index (Phi) is 10.5. The lowest BCUT2D eigenvalue weighted by atomic mass is 9.92. The monoisotopic (exact) mass is 765 g/mol. The number of hydrogen-bond donors (Lipinski definition) is 2. The van der Waals surface area contributed by atoms with Gasteiger partial charge in [-0.05, 0) is 113 Å². The molecule has 15 heteroatoms. The summed E-state index contributed by atoms with van der Waals surface area (Å²) in [5, 5.41) is 3.86. The molecular weight excluding hydrogens is 721 g/mol. The molecule has 2 amide bonds. The van der Waals surface area contributed by atoms with E-state index in [2.05, 4.69) is 5.32 Å². The molecule has 53 heavy (non-hydrogen) atoms. The van der Waals surface area contributed by atoms with Gasteiger partial charge in [-0.2, -0.15) is 26.7 Å². The van der Waals surface area contributed by atoms with Crippen LogP contribution in [0.2, 0.25) is 0 Å². The number of amides is 2. The summed E-state index contributed by atoms with van der Waals surface area (Å²) < 4.78 is 115. The van der Waals surface area contributed by atoms with Gasteiger partial charge in [0.1, 0.15) is 11.4 Å². The van der Waals surface area contributed by atoms with Crippen molar-refractivity contribution in [2.24, 2.45) is 0 Å². The van der Waals surface area contributed by atoms with Gasteiger partial charge in [0.2, 0.25) is 15.9 Å². The predicted molar refractivity (Wildman–Crippen MR) is 187 cm³/mol. The molecule has 1 aliphatic heterocycles. The third kappa shape index (κ3) is 8.56. The van der Waals surface area contributed by atoms with Crippen LogP contribution in [0.1, 0.15) is 83.3 Å². The van der Waals surface area contributed by atoms with E-state index in [9.17, 15) is 31.2 Å². The molecule has 0 radical (unpaired) electrons. The smallest absolute Gasteiger partial charge is 0.407 e. The van der Waals surface area contributed by atoms with Gasteiger partial charge in [-0.1, -0.05) is 36.4 Å². The first-order chi connectivity index (χ1) is 24.8. The van der Waals surface area contributed by atoms with Crippen LogP contribution in [0.4, 0.5) is 26.7 Å². The van der Waals surface area contributed by atoms with Crippen LogP contribution < -0.4 is 14.8 Å². The number of carbonyl (C=O) groups excluding carboxylic acids is 2. The van der Waals surface area contributed by atoms with Gasteiger partial charge in [0.25, 0.3) is 5.92 Å². The average Bonchev–Trinajstić information content (AvgIpc) is 3.77. The zero-order valence-corrected chi connectivity index (χ0v) is 30.6. The maximum atomic E-state index is 16.5. The minimum Gasteiger partial charge on any atom is -0.490 e. The molecule has 288 valence electrons. The normalized spacial score (nSPS) is 19.2. The number of ether oxygens (including phenoxy) is 2. The minimum atomic E-state index is -4.77. The Labute approximate surface area is 305 Å². The Morgan fingerprint density at radius 1 is 0.849 bits per heavy atom. The molecule has 2 saturated carbocycles. The summed E-state index contributed by atoms with van der Waals surface area (Å²) in [7, 11) is -4.77. The van der Waals surface area contributed by atoms with Crippen LogP contribution >= 0.6 is 0 Å². The topological polar surface area (TPSA) is 114 Å². The van der Waals surface area contributed by atoms with Crippen LogP contribution in [0, 0.1) is 0 Å². The lowest BCUT2D eigenvalue weighted by molar-refractivity contribution is -0.160. The number of alkyl halides is 5. The standard InChI is InChI=1S/C38H44F5N3O6S/c1-35(2,3)52-34(48)44-28-16-20-46(21-17-28)33(47)32(37(39,40)27-12-10-26(11-13-27)36(18-19-36)38(41,42)43)45-53(49,50)31-15-9-24-22-30(14-8-25(24)23-31)51-29-6-4-5-7-29/h8-15,22-23,28-29,32,45H,4-7,16-21H2,1-3H3,(H,44,48)/t32-/m1/s1. The maximum absolute atomic E-state index is 16.5. The number of halogens is 5. The second-order valence-electron chi connectivity index (χ2n) is 15.3. The van der Waals surface area contributed by atoms with Crippen molar-refractivity contribution in [1.29, 1.82) is 0 Å². The van der Waals surface area contributed by atoms with Crippen LogP contribution in [-0.4, -0.2) is 68.4 Å². The molecule has 0 aromatic heterocycles. The highest BCUT2D eigenvalue weighted by atomic mass is 32.2. The first-order valence-electron chi connectivity index (χ1n) is 17.8. The number of benzene rings is 3. The number of sulfonamides is 1. The summed E-state index contributed by atoms with van der Waals surface area (Å²) in [5.41, 5.74) is -3.87. The lowest BCUT2D eigenvalue weighted by Crippen LogP contribution is -2.58. The van der Waals surface area contributed by atoms with Crippen LogP contribution in [-0.2, 0) is 30.9 Å². The molecule has 1 atom stereocenters. The minimum absolute atomic E-state index is 0.0815. The van der Waals surface area contributed by atoms with E-state index in [-0.39, 0.29) is 55.3 Å². The number of nitrogens with zero attached hydrogens (tertiary/aromatic N) is 1. The van der Waals surface area contributed by atoms with E-state index in [1.807, 2.05) is 4.72 Å². The number of nitrogens with one attached hydrogen (secondary N) is 2. The number of piperidine rings is 1. The van der Waals surface area contributed by atoms with Crippen LogP contribution in [0.3, 0.4) is 0 Å². The number of alkyl carbamates (subject to hydrolysis) is 1. The average molecular weight is 766 g/mol. The van der Waals surface area contributed by atoms with Gasteiger partial charge in [-0.15, -0.1) is 0 Å². The van der Waals surface area contributed by atoms with Crippen LogP contribution in [0.15, 0.2) is 65.6 Å². The highest BCUT2D eigenvalue weighted by Crippen LogP contribution is 2.59. The first kappa shape index (κ1) is 38.7. The molecule has 0 unspecified atom stereocenters. The second-order valence-corrected chi connectivity index (χ2v) is 17.0. The van der Waals surface area contributed by atoms with Gasteiger partial charge in [0.15, 0.2) is 6.04 Å². The van der Waals surface area contributed by atoms with E-state index in [1.165, 1.54) is 18.2 Å². The molecule has 1 heterocycles. The molecule has 6 rings (SSSR count). The lowest BCUT2D eigenvalue weighted by Gasteiger charge is -2.36. The molecule has 0 bridgehead atoms. The summed E-state index contributed by atoms with van der Waals surface area (Å²) in [6.45, 7) is 4.93. The Morgan fingerprint density at radius 3 is 2.04 bits per heavy atom. The summed E-state index contributed by atoms with van der Waals surface area (Å²) >= 11 is 0. The quantitative estimate of drug-likeness (QED) is 0.205. The molecule has 9 nitrogen and oxygen atoms in total. The third-order valence-corrected chi connectivity index (χ3v) is 11.6. The fraction of sp³-hybridized carbons (Fsp3) is 0.526. The molecule has 2 aliphatic carbocycles. The van der Waals surface area contributed by atoms with Crippen LogP contribution in [0.5, 0.6) is 5.75 Å². The Hall–Kier alpha value is -3.98. The largest absolute Gasteiger partial charge is 0.490 e. The van der Waals surface area contributed by atoms with Gasteiger partial charge < -0.3 is 19.7 Å². The van der Waals surface area contributed by atoms with Gasteiger partial charge >= 0.3 is 12.3 Å². The van der Waals surface area contributed by atoms with Crippen molar-refractivity contribution in [3.8, 4) is 5.75 Å². The van der Waals surface area contributed by atoms with Gasteiger partial charge in [-0.25, -0.2) is 13.2 Å². The Balaban J connectivity index is 1.25. The van der Waals surface area contributed by atoms with Crippen LogP contribution in [0.25, 0.3) is 10.8 Å². The fourth-order valence-electron chi connectivity index (χ4n) is 7.08. The molecule has 0 spiro atoms. The highest BCUT2D eigenvalue weighted by Gasteiger charge is 2.64. The van der Waals surface area contributed by atoms with E-state index in [1.54, 1.807) is 39.0 Å². The zero-order valence-electron chi connectivity index (χ0n) is 29.8. The van der Waals surface area contributed by atoms with Crippen molar-refractivity contribution in [2.75, 3.05) is 13.1 Å². The molecule has 3 aliphatic rings. The number of fused-ring (bicyclic) bond motifs is 1. The van der Waals surface area contributed by atoms with Crippen molar-refractivity contribution in [3.63, 3.8) is 0 Å². The molecule has 3 aromatic carbocycles. The molecule has 1 saturated heterocycles. The number of likely N-dealkylation sites (tertiary alicyclic amines) is 1. The molecule has 3 fully saturated rings. The maximum Gasteiger partial charge on any atom is 0.407 e. The highest BCUT2D eigenvalue weighted by molar-refractivity contribution is 7.89. The van der Waals surface area contributed by atoms with Gasteiger partial charge in [0.05, 0.1) is 16.4 Å².